The summed E-state index contributed by atoms with van der Waals surface area (Å²) in [7, 11) is 0. The van der Waals surface area contributed by atoms with Crippen molar-refractivity contribution in [3.05, 3.63) is 75.1 Å². The minimum atomic E-state index is -0.269. The number of halogens is 1. The minimum Gasteiger partial charge on any atom is -0.467 e. The number of aromatic nitrogens is 1. The van der Waals surface area contributed by atoms with Crippen LogP contribution in [0, 0.1) is 6.92 Å². The van der Waals surface area contributed by atoms with Crippen LogP contribution in [0.25, 0.3) is 0 Å². The van der Waals surface area contributed by atoms with Crippen molar-refractivity contribution in [1.29, 1.82) is 0 Å². The van der Waals surface area contributed by atoms with Crippen LogP contribution in [0.15, 0.2) is 57.7 Å². The lowest BCUT2D eigenvalue weighted by atomic mass is 10.0. The molecule has 1 aliphatic rings. The van der Waals surface area contributed by atoms with Crippen molar-refractivity contribution in [1.82, 2.24) is 9.99 Å². The Morgan fingerprint density at radius 3 is 2.76 bits per heavy atom. The molecule has 5 nitrogen and oxygen atoms in total. The molecule has 0 N–H and O–H groups in total. The Morgan fingerprint density at radius 2 is 2.12 bits per heavy atom. The summed E-state index contributed by atoms with van der Waals surface area (Å²) in [5, 5.41) is 6.77. The van der Waals surface area contributed by atoms with E-state index in [0.29, 0.717) is 27.8 Å². The minimum absolute atomic E-state index is 0.162. The molecule has 0 aliphatic carbocycles. The first-order valence-electron chi connectivity index (χ1n) is 7.74. The lowest BCUT2D eigenvalue weighted by Crippen LogP contribution is -2.26. The highest BCUT2D eigenvalue weighted by molar-refractivity contribution is 7.11. The van der Waals surface area contributed by atoms with Crippen LogP contribution in [0.1, 0.15) is 39.2 Å². The quantitative estimate of drug-likeness (QED) is 0.671. The number of carbonyl (C=O) groups excluding carboxylic acids is 1. The van der Waals surface area contributed by atoms with Crippen molar-refractivity contribution < 1.29 is 9.21 Å². The lowest BCUT2D eigenvalue weighted by molar-refractivity contribution is 0.0697. The van der Waals surface area contributed by atoms with E-state index in [-0.39, 0.29) is 11.9 Å². The lowest BCUT2D eigenvalue weighted by Gasteiger charge is -2.19. The Bertz CT molecular complexity index is 932. The summed E-state index contributed by atoms with van der Waals surface area (Å²) in [5.74, 6) is 0.550. The number of amides is 1. The van der Waals surface area contributed by atoms with E-state index in [1.807, 2.05) is 43.3 Å². The first-order valence-corrected chi connectivity index (χ1v) is 8.99. The summed E-state index contributed by atoms with van der Waals surface area (Å²) in [6, 6.07) is 10.9. The Morgan fingerprint density at radius 1 is 1.32 bits per heavy atom. The van der Waals surface area contributed by atoms with Gasteiger partial charge in [-0.15, -0.1) is 11.3 Å². The monoisotopic (exact) mass is 371 g/mol. The number of aryl methyl sites for hydroxylation is 1. The zero-order valence-corrected chi connectivity index (χ0v) is 14.9. The van der Waals surface area contributed by atoms with Gasteiger partial charge >= 0.3 is 0 Å². The van der Waals surface area contributed by atoms with Crippen LogP contribution in [0.4, 0.5) is 0 Å². The third-order valence-electron chi connectivity index (χ3n) is 4.11. The second kappa shape index (κ2) is 6.46. The van der Waals surface area contributed by atoms with E-state index in [1.165, 1.54) is 16.3 Å². The number of hydrogen-bond donors (Lipinski definition) is 0. The van der Waals surface area contributed by atoms with E-state index in [9.17, 15) is 4.79 Å². The Hall–Kier alpha value is -2.44. The van der Waals surface area contributed by atoms with Gasteiger partial charge in [0, 0.05) is 11.4 Å². The Balaban J connectivity index is 1.72. The second-order valence-corrected chi connectivity index (χ2v) is 7.00. The van der Waals surface area contributed by atoms with Crippen LogP contribution in [-0.4, -0.2) is 21.6 Å². The predicted molar refractivity (Wildman–Crippen MR) is 97.1 cm³/mol. The molecule has 3 aromatic rings. The first kappa shape index (κ1) is 16.1. The molecule has 0 fully saturated rings. The van der Waals surface area contributed by atoms with Gasteiger partial charge in [-0.25, -0.2) is 9.99 Å². The van der Waals surface area contributed by atoms with E-state index in [2.05, 4.69) is 10.1 Å². The number of hydrazone groups is 1. The number of nitrogens with zero attached hydrogens (tertiary/aromatic N) is 3. The number of rotatable bonds is 3. The summed E-state index contributed by atoms with van der Waals surface area (Å²) in [5.41, 5.74) is 4.15. The van der Waals surface area contributed by atoms with Crippen molar-refractivity contribution in [2.24, 2.45) is 5.10 Å². The average molecular weight is 372 g/mol. The molecule has 4 rings (SSSR count). The van der Waals surface area contributed by atoms with Gasteiger partial charge in [0.25, 0.3) is 5.91 Å². The summed E-state index contributed by atoms with van der Waals surface area (Å²) < 4.78 is 5.55. The largest absolute Gasteiger partial charge is 0.467 e. The molecule has 0 saturated carbocycles. The van der Waals surface area contributed by atoms with E-state index in [4.69, 9.17) is 16.0 Å². The highest BCUT2D eigenvalue weighted by Gasteiger charge is 2.36. The molecule has 0 unspecified atom stereocenters. The standard InChI is InChI=1S/C18H14ClN3O2S/c1-11-17(25-10-20-11)18(23)22-15(16-3-2-8-24-16)9-14(21-22)12-4-6-13(19)7-5-12/h2-8,10,15H,9H2,1H3/t15-/m0/s1. The van der Waals surface area contributed by atoms with E-state index in [0.717, 1.165) is 11.3 Å². The number of furan rings is 1. The molecule has 0 saturated heterocycles. The molecule has 0 radical (unpaired) electrons. The van der Waals surface area contributed by atoms with Gasteiger partial charge < -0.3 is 4.42 Å². The Kier molecular flexibility index (Phi) is 4.15. The van der Waals surface area contributed by atoms with Crippen LogP contribution in [0.5, 0.6) is 0 Å². The fourth-order valence-electron chi connectivity index (χ4n) is 2.83. The van der Waals surface area contributed by atoms with Gasteiger partial charge in [0.05, 0.1) is 23.2 Å². The van der Waals surface area contributed by atoms with Crippen molar-refractivity contribution >= 4 is 34.6 Å². The van der Waals surface area contributed by atoms with Crippen molar-refractivity contribution in [2.45, 2.75) is 19.4 Å². The molecular formula is C18H14ClN3O2S. The zero-order chi connectivity index (χ0) is 17.4. The molecule has 3 heterocycles. The number of thiazole rings is 1. The van der Waals surface area contributed by atoms with Crippen LogP contribution in [0.2, 0.25) is 5.02 Å². The van der Waals surface area contributed by atoms with Crippen LogP contribution in [-0.2, 0) is 0 Å². The first-order chi connectivity index (χ1) is 12.1. The summed E-state index contributed by atoms with van der Waals surface area (Å²) >= 11 is 7.29. The maximum absolute atomic E-state index is 13.0. The average Bonchev–Trinajstić information content (AvgIpc) is 3.35. The van der Waals surface area contributed by atoms with Gasteiger partial charge in [0.15, 0.2) is 0 Å². The van der Waals surface area contributed by atoms with Gasteiger partial charge in [-0.3, -0.25) is 4.79 Å². The van der Waals surface area contributed by atoms with Crippen molar-refractivity contribution in [2.75, 3.05) is 0 Å². The molecule has 0 bridgehead atoms. The SMILES string of the molecule is Cc1ncsc1C(=O)N1N=C(c2ccc(Cl)cc2)C[C@H]1c1ccco1. The van der Waals surface area contributed by atoms with E-state index >= 15 is 0 Å². The summed E-state index contributed by atoms with van der Waals surface area (Å²) in [4.78, 5) is 17.8. The summed E-state index contributed by atoms with van der Waals surface area (Å²) in [6.45, 7) is 1.82. The normalized spacial score (nSPS) is 17.0. The maximum atomic E-state index is 13.0. The van der Waals surface area contributed by atoms with Crippen molar-refractivity contribution in [3.63, 3.8) is 0 Å². The Labute approximate surface area is 153 Å². The molecule has 1 atom stereocenters. The number of carbonyl (C=O) groups is 1. The fourth-order valence-corrected chi connectivity index (χ4v) is 3.69. The van der Waals surface area contributed by atoms with E-state index < -0.39 is 0 Å². The van der Waals surface area contributed by atoms with Gasteiger partial charge in [0.1, 0.15) is 16.7 Å². The number of hydrogen-bond acceptors (Lipinski definition) is 5. The molecule has 0 spiro atoms. The third kappa shape index (κ3) is 2.99. The number of benzene rings is 1. The van der Waals surface area contributed by atoms with Crippen molar-refractivity contribution in [3.8, 4) is 0 Å². The van der Waals surface area contributed by atoms with Gasteiger partial charge in [-0.2, -0.15) is 5.10 Å². The highest BCUT2D eigenvalue weighted by atomic mass is 35.5. The van der Waals surface area contributed by atoms with E-state index in [1.54, 1.807) is 11.8 Å². The summed E-state index contributed by atoms with van der Waals surface area (Å²) in [6.07, 6.45) is 2.19. The van der Waals surface area contributed by atoms with Crippen LogP contribution in [0.3, 0.4) is 0 Å². The maximum Gasteiger partial charge on any atom is 0.286 e. The molecule has 1 aromatic carbocycles. The molecular weight excluding hydrogens is 358 g/mol. The molecule has 25 heavy (non-hydrogen) atoms. The van der Waals surface area contributed by atoms with Crippen LogP contribution >= 0.6 is 22.9 Å². The fraction of sp³-hybridized carbons (Fsp3) is 0.167. The van der Waals surface area contributed by atoms with Gasteiger partial charge in [-0.1, -0.05) is 23.7 Å². The second-order valence-electron chi connectivity index (χ2n) is 5.71. The molecule has 2 aromatic heterocycles. The molecule has 1 aliphatic heterocycles. The van der Waals surface area contributed by atoms with Gasteiger partial charge in [-0.05, 0) is 36.8 Å². The molecule has 1 amide bonds. The highest BCUT2D eigenvalue weighted by Crippen LogP contribution is 2.35. The third-order valence-corrected chi connectivity index (χ3v) is 5.28. The zero-order valence-electron chi connectivity index (χ0n) is 13.3. The smallest absolute Gasteiger partial charge is 0.286 e. The molecule has 126 valence electrons. The predicted octanol–water partition coefficient (Wildman–Crippen LogP) is 4.69. The topological polar surface area (TPSA) is 58.7 Å². The molecule has 7 heteroatoms. The van der Waals surface area contributed by atoms with Crippen LogP contribution < -0.4 is 0 Å². The van der Waals surface area contributed by atoms with Gasteiger partial charge in [0.2, 0.25) is 0 Å².